The fraction of sp³-hybridized carbons (Fsp3) is 0.533. The van der Waals surface area contributed by atoms with Gasteiger partial charge in [-0.05, 0) is 35.8 Å². The number of hydrogen-bond donors (Lipinski definition) is 1. The Bertz CT molecular complexity index is 444. The first-order valence-electron chi connectivity index (χ1n) is 6.55. The molecule has 0 aromatic heterocycles. The van der Waals surface area contributed by atoms with Crippen LogP contribution in [0.2, 0.25) is 0 Å². The van der Waals surface area contributed by atoms with E-state index in [0.717, 1.165) is 12.0 Å². The van der Waals surface area contributed by atoms with Gasteiger partial charge in [-0.3, -0.25) is 4.79 Å². The Kier molecular flexibility index (Phi) is 2.46. The van der Waals surface area contributed by atoms with Gasteiger partial charge in [-0.25, -0.2) is 0 Å². The van der Waals surface area contributed by atoms with E-state index in [9.17, 15) is 9.90 Å². The van der Waals surface area contributed by atoms with Crippen LogP contribution in [0.1, 0.15) is 55.6 Å². The summed E-state index contributed by atoms with van der Waals surface area (Å²) >= 11 is 0. The van der Waals surface area contributed by atoms with Gasteiger partial charge in [0, 0.05) is 0 Å². The van der Waals surface area contributed by atoms with Crippen LogP contribution in [-0.4, -0.2) is 11.1 Å². The van der Waals surface area contributed by atoms with E-state index in [1.807, 2.05) is 12.1 Å². The third kappa shape index (κ3) is 1.58. The summed E-state index contributed by atoms with van der Waals surface area (Å²) in [5.41, 5.74) is 2.58. The Balaban J connectivity index is 2.07. The lowest BCUT2D eigenvalue weighted by atomic mass is 9.70. The van der Waals surface area contributed by atoms with Gasteiger partial charge in [-0.15, -0.1) is 0 Å². The Hall–Kier alpha value is -1.31. The van der Waals surface area contributed by atoms with E-state index < -0.39 is 5.97 Å². The summed E-state index contributed by atoms with van der Waals surface area (Å²) < 4.78 is 0. The quantitative estimate of drug-likeness (QED) is 0.802. The van der Waals surface area contributed by atoms with Crippen molar-refractivity contribution in [2.75, 3.05) is 0 Å². The van der Waals surface area contributed by atoms with Crippen LogP contribution >= 0.6 is 0 Å². The molecule has 1 atom stereocenters. The van der Waals surface area contributed by atoms with Crippen molar-refractivity contribution in [1.29, 1.82) is 0 Å². The largest absolute Gasteiger partial charge is 0.481 e. The Labute approximate surface area is 102 Å². The van der Waals surface area contributed by atoms with Gasteiger partial charge in [-0.1, -0.05) is 43.5 Å². The zero-order valence-corrected chi connectivity index (χ0v) is 9.98. The molecule has 1 aromatic rings. The Morgan fingerprint density at radius 2 is 1.88 bits per heavy atom. The van der Waals surface area contributed by atoms with Crippen LogP contribution in [0, 0.1) is 0 Å². The minimum absolute atomic E-state index is 0.178. The number of carboxylic acid groups (broad SMARTS) is 1. The van der Waals surface area contributed by atoms with E-state index in [1.165, 1.54) is 37.7 Å². The lowest BCUT2D eigenvalue weighted by molar-refractivity contribution is -0.139. The summed E-state index contributed by atoms with van der Waals surface area (Å²) in [6, 6.07) is 8.19. The van der Waals surface area contributed by atoms with Crippen LogP contribution < -0.4 is 0 Å². The molecule has 2 aliphatic rings. The van der Waals surface area contributed by atoms with Crippen LogP contribution in [0.15, 0.2) is 24.3 Å². The van der Waals surface area contributed by atoms with Gasteiger partial charge in [-0.2, -0.15) is 0 Å². The zero-order chi connectivity index (χ0) is 11.9. The van der Waals surface area contributed by atoms with E-state index >= 15 is 0 Å². The average molecular weight is 230 g/mol. The molecule has 0 bridgehead atoms. The van der Waals surface area contributed by atoms with Gasteiger partial charge >= 0.3 is 5.97 Å². The predicted octanol–water partition coefficient (Wildman–Crippen LogP) is 3.46. The lowest BCUT2D eigenvalue weighted by Gasteiger charge is -2.34. The van der Waals surface area contributed by atoms with Crippen molar-refractivity contribution in [3.63, 3.8) is 0 Å². The van der Waals surface area contributed by atoms with Crippen molar-refractivity contribution in [3.8, 4) is 0 Å². The molecular formula is C15H18O2. The second kappa shape index (κ2) is 3.86. The smallest absolute Gasteiger partial charge is 0.311 e. The molecule has 3 rings (SSSR count). The molecule has 1 spiro atoms. The molecule has 0 radical (unpaired) electrons. The highest BCUT2D eigenvalue weighted by atomic mass is 16.4. The average Bonchev–Trinajstić information content (AvgIpc) is 2.66. The summed E-state index contributed by atoms with van der Waals surface area (Å²) in [7, 11) is 0. The molecule has 1 N–H and O–H groups in total. The summed E-state index contributed by atoms with van der Waals surface area (Å²) in [4.78, 5) is 11.4. The second-order valence-electron chi connectivity index (χ2n) is 5.52. The maximum atomic E-state index is 11.4. The van der Waals surface area contributed by atoms with Crippen LogP contribution in [0.3, 0.4) is 0 Å². The van der Waals surface area contributed by atoms with E-state index in [4.69, 9.17) is 0 Å². The molecule has 2 aliphatic carbocycles. The molecule has 0 aliphatic heterocycles. The van der Waals surface area contributed by atoms with Gasteiger partial charge in [0.15, 0.2) is 0 Å². The number of rotatable bonds is 1. The first-order valence-corrected chi connectivity index (χ1v) is 6.55. The molecule has 1 saturated carbocycles. The Morgan fingerprint density at radius 3 is 2.59 bits per heavy atom. The molecule has 0 amide bonds. The van der Waals surface area contributed by atoms with Crippen LogP contribution in [0.4, 0.5) is 0 Å². The standard InChI is InChI=1S/C15H18O2/c16-14(17)12-10-15(8-4-1-5-9-15)13-7-3-2-6-11(12)13/h2-3,6-7,12H,1,4-5,8-10H2,(H,16,17). The van der Waals surface area contributed by atoms with Gasteiger partial charge in [0.05, 0.1) is 5.92 Å². The molecule has 1 unspecified atom stereocenters. The summed E-state index contributed by atoms with van der Waals surface area (Å²) in [5, 5.41) is 9.37. The van der Waals surface area contributed by atoms with Crippen LogP contribution in [-0.2, 0) is 10.2 Å². The van der Waals surface area contributed by atoms with Crippen LogP contribution in [0.25, 0.3) is 0 Å². The van der Waals surface area contributed by atoms with Crippen molar-refractivity contribution in [2.45, 2.75) is 49.9 Å². The summed E-state index contributed by atoms with van der Waals surface area (Å²) in [6.45, 7) is 0. The van der Waals surface area contributed by atoms with Crippen molar-refractivity contribution in [1.82, 2.24) is 0 Å². The number of carboxylic acids is 1. The normalized spacial score (nSPS) is 25.8. The Morgan fingerprint density at radius 1 is 1.18 bits per heavy atom. The maximum Gasteiger partial charge on any atom is 0.311 e. The summed E-state index contributed by atoms with van der Waals surface area (Å²) in [6.07, 6.45) is 6.98. The number of carbonyl (C=O) groups is 1. The minimum atomic E-state index is -0.653. The predicted molar refractivity (Wildman–Crippen MR) is 66.2 cm³/mol. The number of hydrogen-bond acceptors (Lipinski definition) is 1. The highest BCUT2D eigenvalue weighted by molar-refractivity contribution is 5.78. The van der Waals surface area contributed by atoms with E-state index in [0.29, 0.717) is 0 Å². The third-order valence-corrected chi connectivity index (χ3v) is 4.61. The monoisotopic (exact) mass is 230 g/mol. The molecule has 1 fully saturated rings. The molecule has 17 heavy (non-hydrogen) atoms. The lowest BCUT2D eigenvalue weighted by Crippen LogP contribution is -2.26. The summed E-state index contributed by atoms with van der Waals surface area (Å²) in [5.74, 6) is -0.927. The first-order chi connectivity index (χ1) is 8.23. The highest BCUT2D eigenvalue weighted by Gasteiger charge is 2.46. The van der Waals surface area contributed by atoms with Crippen molar-refractivity contribution in [3.05, 3.63) is 35.4 Å². The fourth-order valence-corrected chi connectivity index (χ4v) is 3.82. The molecule has 0 saturated heterocycles. The first kappa shape index (κ1) is 10.8. The minimum Gasteiger partial charge on any atom is -0.481 e. The highest BCUT2D eigenvalue weighted by Crippen LogP contribution is 2.53. The fourth-order valence-electron chi connectivity index (χ4n) is 3.82. The molecule has 1 aromatic carbocycles. The maximum absolute atomic E-state index is 11.4. The van der Waals surface area contributed by atoms with Gasteiger partial charge in [0.2, 0.25) is 0 Å². The number of fused-ring (bicyclic) bond motifs is 2. The topological polar surface area (TPSA) is 37.3 Å². The van der Waals surface area contributed by atoms with E-state index in [1.54, 1.807) is 0 Å². The van der Waals surface area contributed by atoms with Crippen LogP contribution in [0.5, 0.6) is 0 Å². The van der Waals surface area contributed by atoms with Gasteiger partial charge in [0.25, 0.3) is 0 Å². The molecular weight excluding hydrogens is 212 g/mol. The van der Waals surface area contributed by atoms with Crippen molar-refractivity contribution < 1.29 is 9.90 Å². The van der Waals surface area contributed by atoms with E-state index in [2.05, 4.69) is 12.1 Å². The molecule has 2 heteroatoms. The number of benzene rings is 1. The SMILES string of the molecule is O=C(O)C1CC2(CCCCC2)c2ccccc21. The number of aliphatic carboxylic acids is 1. The molecule has 2 nitrogen and oxygen atoms in total. The molecule has 0 heterocycles. The third-order valence-electron chi connectivity index (χ3n) is 4.61. The van der Waals surface area contributed by atoms with Crippen molar-refractivity contribution in [2.24, 2.45) is 0 Å². The van der Waals surface area contributed by atoms with E-state index in [-0.39, 0.29) is 11.3 Å². The van der Waals surface area contributed by atoms with Crippen molar-refractivity contribution >= 4 is 5.97 Å². The van der Waals surface area contributed by atoms with Gasteiger partial charge in [0.1, 0.15) is 0 Å². The zero-order valence-electron chi connectivity index (χ0n) is 9.98. The second-order valence-corrected chi connectivity index (χ2v) is 5.52. The molecule has 90 valence electrons. The van der Waals surface area contributed by atoms with Gasteiger partial charge < -0.3 is 5.11 Å².